The van der Waals surface area contributed by atoms with Gasteiger partial charge < -0.3 is 9.47 Å². The van der Waals surface area contributed by atoms with Gasteiger partial charge in [0.25, 0.3) is 0 Å². The molecule has 86 valence electrons. The summed E-state index contributed by atoms with van der Waals surface area (Å²) in [5.41, 5.74) is -0.329. The monoisotopic (exact) mass is 296 g/mol. The van der Waals surface area contributed by atoms with Gasteiger partial charge in [-0.3, -0.25) is 0 Å². The number of pyridine rings is 1. The fourth-order valence-corrected chi connectivity index (χ4v) is 1.45. The van der Waals surface area contributed by atoms with E-state index in [9.17, 15) is 13.2 Å². The van der Waals surface area contributed by atoms with Crippen molar-refractivity contribution < 1.29 is 22.6 Å². The van der Waals surface area contributed by atoms with E-state index in [1.54, 1.807) is 6.07 Å². The summed E-state index contributed by atoms with van der Waals surface area (Å²) in [6, 6.07) is 1.57. The van der Waals surface area contributed by atoms with Crippen molar-refractivity contribution in [3.8, 4) is 17.7 Å². The van der Waals surface area contributed by atoms with Crippen LogP contribution in [0.3, 0.4) is 0 Å². The second-order valence-electron chi connectivity index (χ2n) is 2.48. The van der Waals surface area contributed by atoms with Crippen molar-refractivity contribution in [3.63, 3.8) is 0 Å². The van der Waals surface area contributed by atoms with Crippen LogP contribution in [0.4, 0.5) is 13.2 Å². The summed E-state index contributed by atoms with van der Waals surface area (Å²) in [4.78, 5) is 3.54. The standard InChI is InChI=1S/C8H4BrF3N2O2/c1-15-7-6(9)4(2-13)5(3-14-7)16-8(10,11)12/h3H,1H3. The molecule has 0 aliphatic carbocycles. The van der Waals surface area contributed by atoms with Crippen LogP contribution in [-0.4, -0.2) is 18.5 Å². The van der Waals surface area contributed by atoms with E-state index in [2.05, 4.69) is 25.7 Å². The van der Waals surface area contributed by atoms with E-state index in [0.29, 0.717) is 0 Å². The predicted octanol–water partition coefficient (Wildman–Crippen LogP) is 2.62. The van der Waals surface area contributed by atoms with Crippen LogP contribution in [0.5, 0.6) is 11.6 Å². The molecule has 0 aliphatic rings. The van der Waals surface area contributed by atoms with E-state index >= 15 is 0 Å². The average Bonchev–Trinajstić information content (AvgIpc) is 2.16. The minimum atomic E-state index is -4.87. The van der Waals surface area contributed by atoms with E-state index in [1.807, 2.05) is 0 Å². The van der Waals surface area contributed by atoms with Crippen molar-refractivity contribution in [2.45, 2.75) is 6.36 Å². The highest BCUT2D eigenvalue weighted by Crippen LogP contribution is 2.34. The van der Waals surface area contributed by atoms with E-state index in [0.717, 1.165) is 6.20 Å². The van der Waals surface area contributed by atoms with Crippen molar-refractivity contribution in [2.24, 2.45) is 0 Å². The third-order valence-corrected chi connectivity index (χ3v) is 2.22. The zero-order valence-corrected chi connectivity index (χ0v) is 9.39. The second kappa shape index (κ2) is 4.57. The van der Waals surface area contributed by atoms with Crippen LogP contribution in [0.15, 0.2) is 10.7 Å². The molecule has 0 atom stereocenters. The van der Waals surface area contributed by atoms with Gasteiger partial charge in [-0.1, -0.05) is 0 Å². The Kier molecular flexibility index (Phi) is 3.59. The molecule has 0 bridgehead atoms. The number of hydrogen-bond donors (Lipinski definition) is 0. The van der Waals surface area contributed by atoms with Crippen molar-refractivity contribution in [1.82, 2.24) is 4.98 Å². The molecule has 1 aromatic heterocycles. The van der Waals surface area contributed by atoms with Crippen LogP contribution in [0, 0.1) is 11.3 Å². The molecule has 0 radical (unpaired) electrons. The molecule has 0 unspecified atom stereocenters. The summed E-state index contributed by atoms with van der Waals surface area (Å²) in [6.45, 7) is 0. The largest absolute Gasteiger partial charge is 0.573 e. The Morgan fingerprint density at radius 3 is 2.56 bits per heavy atom. The number of hydrogen-bond acceptors (Lipinski definition) is 4. The lowest BCUT2D eigenvalue weighted by molar-refractivity contribution is -0.274. The Hall–Kier alpha value is -1.49. The van der Waals surface area contributed by atoms with Crippen molar-refractivity contribution >= 4 is 15.9 Å². The SMILES string of the molecule is COc1ncc(OC(F)(F)F)c(C#N)c1Br. The van der Waals surface area contributed by atoms with Crippen molar-refractivity contribution in [2.75, 3.05) is 7.11 Å². The van der Waals surface area contributed by atoms with Crippen LogP contribution in [0.2, 0.25) is 0 Å². The highest BCUT2D eigenvalue weighted by Gasteiger charge is 2.33. The Balaban J connectivity index is 3.23. The normalized spacial score (nSPS) is 10.8. The molecule has 8 heteroatoms. The molecule has 1 aromatic rings. The van der Waals surface area contributed by atoms with Gasteiger partial charge in [0, 0.05) is 0 Å². The van der Waals surface area contributed by atoms with Gasteiger partial charge in [0.1, 0.15) is 16.1 Å². The summed E-state index contributed by atoms with van der Waals surface area (Å²) < 4.78 is 44.3. The van der Waals surface area contributed by atoms with Crippen LogP contribution >= 0.6 is 15.9 Å². The molecule has 1 heterocycles. The molecule has 0 aromatic carbocycles. The average molecular weight is 297 g/mol. The zero-order chi connectivity index (χ0) is 12.3. The number of ether oxygens (including phenoxy) is 2. The maximum Gasteiger partial charge on any atom is 0.573 e. The number of halogens is 4. The molecule has 0 N–H and O–H groups in total. The van der Waals surface area contributed by atoms with Gasteiger partial charge >= 0.3 is 6.36 Å². The molecular weight excluding hydrogens is 293 g/mol. The molecule has 16 heavy (non-hydrogen) atoms. The molecule has 1 rings (SSSR count). The number of aromatic nitrogens is 1. The lowest BCUT2D eigenvalue weighted by Gasteiger charge is -2.11. The van der Waals surface area contributed by atoms with Gasteiger partial charge in [-0.15, -0.1) is 13.2 Å². The smallest absolute Gasteiger partial charge is 0.480 e. The fourth-order valence-electron chi connectivity index (χ4n) is 0.902. The Bertz CT molecular complexity index is 442. The maximum absolute atomic E-state index is 12.0. The van der Waals surface area contributed by atoms with E-state index < -0.39 is 12.1 Å². The van der Waals surface area contributed by atoms with E-state index in [1.165, 1.54) is 7.11 Å². The molecular formula is C8H4BrF3N2O2. The van der Waals surface area contributed by atoms with Crippen LogP contribution < -0.4 is 9.47 Å². The number of nitriles is 1. The molecule has 0 spiro atoms. The van der Waals surface area contributed by atoms with Gasteiger partial charge in [0.2, 0.25) is 5.88 Å². The Labute approximate surface area is 96.7 Å². The van der Waals surface area contributed by atoms with Gasteiger partial charge in [-0.2, -0.15) is 5.26 Å². The third kappa shape index (κ3) is 2.76. The van der Waals surface area contributed by atoms with Crippen LogP contribution in [0.1, 0.15) is 5.56 Å². The molecule has 4 nitrogen and oxygen atoms in total. The summed E-state index contributed by atoms with van der Waals surface area (Å²) >= 11 is 2.90. The fraction of sp³-hybridized carbons (Fsp3) is 0.250. The molecule has 0 saturated carbocycles. The first-order chi connectivity index (χ1) is 7.39. The Morgan fingerprint density at radius 1 is 1.50 bits per heavy atom. The molecule has 0 amide bonds. The highest BCUT2D eigenvalue weighted by molar-refractivity contribution is 9.10. The molecule has 0 fully saturated rings. The molecule has 0 saturated heterocycles. The number of nitrogens with zero attached hydrogens (tertiary/aromatic N) is 2. The predicted molar refractivity (Wildman–Crippen MR) is 49.9 cm³/mol. The lowest BCUT2D eigenvalue weighted by atomic mass is 10.2. The molecule has 0 aliphatic heterocycles. The van der Waals surface area contributed by atoms with E-state index in [-0.39, 0.29) is 15.9 Å². The third-order valence-electron chi connectivity index (χ3n) is 1.48. The van der Waals surface area contributed by atoms with Gasteiger partial charge in [0.05, 0.1) is 13.3 Å². The van der Waals surface area contributed by atoms with Gasteiger partial charge in [-0.25, -0.2) is 4.98 Å². The lowest BCUT2D eigenvalue weighted by Crippen LogP contribution is -2.18. The first-order valence-corrected chi connectivity index (χ1v) is 4.56. The van der Waals surface area contributed by atoms with E-state index in [4.69, 9.17) is 10.00 Å². The quantitative estimate of drug-likeness (QED) is 0.842. The van der Waals surface area contributed by atoms with Gasteiger partial charge in [0.15, 0.2) is 5.75 Å². The first kappa shape index (κ1) is 12.6. The Morgan fingerprint density at radius 2 is 2.12 bits per heavy atom. The zero-order valence-electron chi connectivity index (χ0n) is 7.80. The van der Waals surface area contributed by atoms with Crippen molar-refractivity contribution in [1.29, 1.82) is 5.26 Å². The number of rotatable bonds is 2. The minimum absolute atomic E-state index is 0.00562. The van der Waals surface area contributed by atoms with Gasteiger partial charge in [-0.05, 0) is 15.9 Å². The number of alkyl halides is 3. The summed E-state index contributed by atoms with van der Waals surface area (Å²) in [7, 11) is 1.28. The van der Waals surface area contributed by atoms with Crippen LogP contribution in [-0.2, 0) is 0 Å². The summed E-state index contributed by atoms with van der Waals surface area (Å²) in [5, 5.41) is 8.71. The van der Waals surface area contributed by atoms with Crippen molar-refractivity contribution in [3.05, 3.63) is 16.2 Å². The van der Waals surface area contributed by atoms with Crippen LogP contribution in [0.25, 0.3) is 0 Å². The topological polar surface area (TPSA) is 55.1 Å². The highest BCUT2D eigenvalue weighted by atomic mass is 79.9. The first-order valence-electron chi connectivity index (χ1n) is 3.77. The maximum atomic E-state index is 12.0. The second-order valence-corrected chi connectivity index (χ2v) is 3.27. The number of methoxy groups -OCH3 is 1. The summed E-state index contributed by atoms with van der Waals surface area (Å²) in [6.07, 6.45) is -4.10. The minimum Gasteiger partial charge on any atom is -0.480 e. The summed E-state index contributed by atoms with van der Waals surface area (Å²) in [5.74, 6) is -0.672.